The van der Waals surface area contributed by atoms with Crippen LogP contribution >= 0.6 is 0 Å². The topological polar surface area (TPSA) is 6.48 Å². The standard InChI is InChI=1S/C66H59BN2/c1-64(2,3)49-42-60-63-61(43-49)69(57-33-20-18-29-51(57)46-26-15-10-16-27-46)59-37-35-48(52-30-21-31-53-62(52)66(6,7)39-38-65(53,4)5)41-55(59)67(63)54-40-47(44-22-11-8-12-23-44)34-36-58(54)68(60)56-32-19-17-28-50(56)45-24-13-9-14-25-45/h8-37,40-43H,38-39H2,1-7H3. The van der Waals surface area contributed by atoms with Crippen LogP contribution in [0.15, 0.2) is 206 Å². The zero-order valence-electron chi connectivity index (χ0n) is 41.0. The third kappa shape index (κ3) is 7.08. The summed E-state index contributed by atoms with van der Waals surface area (Å²) in [5.41, 5.74) is 25.3. The summed E-state index contributed by atoms with van der Waals surface area (Å²) >= 11 is 0. The Bertz CT molecular complexity index is 3420. The lowest BCUT2D eigenvalue weighted by atomic mass is 9.33. The van der Waals surface area contributed by atoms with E-state index in [0.29, 0.717) is 0 Å². The maximum atomic E-state index is 2.62. The third-order valence-corrected chi connectivity index (χ3v) is 15.7. The Balaban J connectivity index is 1.22. The molecule has 0 atom stereocenters. The number of fused-ring (bicyclic) bond motifs is 5. The number of hydrogen-bond donors (Lipinski definition) is 0. The van der Waals surface area contributed by atoms with Crippen molar-refractivity contribution in [2.75, 3.05) is 9.80 Å². The molecule has 69 heavy (non-hydrogen) atoms. The van der Waals surface area contributed by atoms with Gasteiger partial charge in [0.15, 0.2) is 0 Å². The maximum Gasteiger partial charge on any atom is 0.252 e. The molecule has 0 radical (unpaired) electrons. The van der Waals surface area contributed by atoms with E-state index in [1.807, 2.05) is 0 Å². The molecule has 2 heterocycles. The second-order valence-electron chi connectivity index (χ2n) is 22.0. The molecule has 0 N–H and O–H groups in total. The van der Waals surface area contributed by atoms with Gasteiger partial charge in [0.1, 0.15) is 0 Å². The van der Waals surface area contributed by atoms with Crippen LogP contribution in [-0.2, 0) is 16.2 Å². The van der Waals surface area contributed by atoms with E-state index in [0.717, 1.165) is 6.42 Å². The van der Waals surface area contributed by atoms with Gasteiger partial charge in [-0.1, -0.05) is 218 Å². The van der Waals surface area contributed by atoms with Gasteiger partial charge in [0, 0.05) is 33.9 Å². The smallest absolute Gasteiger partial charge is 0.252 e. The average molecular weight is 891 g/mol. The predicted octanol–water partition coefficient (Wildman–Crippen LogP) is 16.1. The molecule has 0 saturated heterocycles. The Morgan fingerprint density at radius 3 is 1.36 bits per heavy atom. The summed E-state index contributed by atoms with van der Waals surface area (Å²) in [6.07, 6.45) is 2.34. The van der Waals surface area contributed by atoms with Crippen molar-refractivity contribution >= 4 is 57.2 Å². The van der Waals surface area contributed by atoms with Crippen molar-refractivity contribution in [1.29, 1.82) is 0 Å². The second-order valence-corrected chi connectivity index (χ2v) is 22.0. The molecule has 0 unspecified atom stereocenters. The highest BCUT2D eigenvalue weighted by molar-refractivity contribution is 7.00. The van der Waals surface area contributed by atoms with Crippen LogP contribution in [0.4, 0.5) is 34.1 Å². The Morgan fingerprint density at radius 2 is 0.826 bits per heavy atom. The van der Waals surface area contributed by atoms with Crippen LogP contribution < -0.4 is 26.2 Å². The molecule has 3 heteroatoms. The number of rotatable bonds is 6. The van der Waals surface area contributed by atoms with E-state index in [4.69, 9.17) is 0 Å². The van der Waals surface area contributed by atoms with Gasteiger partial charge in [0.2, 0.25) is 0 Å². The summed E-state index contributed by atoms with van der Waals surface area (Å²) in [5, 5.41) is 0. The second kappa shape index (κ2) is 16.1. The Morgan fingerprint density at radius 1 is 0.377 bits per heavy atom. The monoisotopic (exact) mass is 890 g/mol. The summed E-state index contributed by atoms with van der Waals surface area (Å²) in [6, 6.07) is 77.7. The normalized spacial score (nSPS) is 15.2. The molecule has 9 aromatic carbocycles. The van der Waals surface area contributed by atoms with Gasteiger partial charge in [0.05, 0.1) is 11.4 Å². The van der Waals surface area contributed by atoms with Gasteiger partial charge in [-0.05, 0) is 132 Å². The Hall–Kier alpha value is -7.36. The van der Waals surface area contributed by atoms with Gasteiger partial charge in [-0.3, -0.25) is 0 Å². The zero-order valence-corrected chi connectivity index (χ0v) is 41.0. The minimum absolute atomic E-state index is 0.0375. The van der Waals surface area contributed by atoms with Crippen LogP contribution in [0.3, 0.4) is 0 Å². The summed E-state index contributed by atoms with van der Waals surface area (Å²) in [6.45, 7) is 16.8. The number of hydrogen-bond acceptors (Lipinski definition) is 2. The summed E-state index contributed by atoms with van der Waals surface area (Å²) in [7, 11) is 0. The van der Waals surface area contributed by atoms with E-state index < -0.39 is 0 Å². The molecule has 336 valence electrons. The lowest BCUT2D eigenvalue weighted by Gasteiger charge is -2.46. The van der Waals surface area contributed by atoms with Crippen molar-refractivity contribution in [2.45, 2.75) is 77.6 Å². The highest BCUT2D eigenvalue weighted by Gasteiger charge is 2.46. The molecule has 0 fully saturated rings. The molecule has 0 bridgehead atoms. The fraction of sp³-hybridized carbons (Fsp3) is 0.182. The van der Waals surface area contributed by atoms with Gasteiger partial charge >= 0.3 is 0 Å². The molecule has 3 aliphatic rings. The number of anilines is 6. The minimum Gasteiger partial charge on any atom is -0.311 e. The van der Waals surface area contributed by atoms with Crippen molar-refractivity contribution in [3.63, 3.8) is 0 Å². The molecule has 9 aromatic rings. The number of benzene rings is 9. The minimum atomic E-state index is -0.148. The summed E-state index contributed by atoms with van der Waals surface area (Å²) < 4.78 is 0. The van der Waals surface area contributed by atoms with Crippen LogP contribution in [0.5, 0.6) is 0 Å². The Kier molecular flexibility index (Phi) is 10.0. The van der Waals surface area contributed by atoms with Gasteiger partial charge in [-0.2, -0.15) is 0 Å². The molecule has 0 saturated carbocycles. The van der Waals surface area contributed by atoms with Gasteiger partial charge in [0.25, 0.3) is 6.71 Å². The predicted molar refractivity (Wildman–Crippen MR) is 296 cm³/mol. The average Bonchev–Trinajstić information content (AvgIpc) is 3.37. The number of nitrogens with zero attached hydrogens (tertiary/aromatic N) is 2. The highest BCUT2D eigenvalue weighted by atomic mass is 15.2. The fourth-order valence-corrected chi connectivity index (χ4v) is 12.0. The van der Waals surface area contributed by atoms with Crippen LogP contribution in [0.2, 0.25) is 0 Å². The Labute approximate surface area is 410 Å². The molecule has 0 spiro atoms. The summed E-state index contributed by atoms with van der Waals surface area (Å²) in [4.78, 5) is 5.22. The SMILES string of the molecule is CC(C)(C)c1cc2c3c(c1)N(c1ccccc1-c1ccccc1)c1ccc(-c4cccc5c4C(C)(C)CCC5(C)C)cc1B3c1cc(-c3ccccc3)ccc1N2c1ccccc1-c1ccccc1. The first-order chi connectivity index (χ1) is 33.4. The molecule has 0 aromatic heterocycles. The maximum absolute atomic E-state index is 2.62. The van der Waals surface area contributed by atoms with Crippen molar-refractivity contribution in [2.24, 2.45) is 0 Å². The van der Waals surface area contributed by atoms with Crippen LogP contribution in [-0.4, -0.2) is 6.71 Å². The van der Waals surface area contributed by atoms with Gasteiger partial charge in [-0.25, -0.2) is 0 Å². The fourth-order valence-electron chi connectivity index (χ4n) is 12.0. The molecular weight excluding hydrogens is 832 g/mol. The molecule has 2 aliphatic heterocycles. The molecule has 0 amide bonds. The molecular formula is C66H59BN2. The lowest BCUT2D eigenvalue weighted by Crippen LogP contribution is -2.61. The van der Waals surface area contributed by atoms with E-state index in [2.05, 4.69) is 265 Å². The van der Waals surface area contributed by atoms with E-state index in [9.17, 15) is 0 Å². The first-order valence-corrected chi connectivity index (χ1v) is 24.9. The van der Waals surface area contributed by atoms with Crippen molar-refractivity contribution in [3.05, 3.63) is 223 Å². The molecule has 1 aliphatic carbocycles. The van der Waals surface area contributed by atoms with Gasteiger partial charge < -0.3 is 9.80 Å². The van der Waals surface area contributed by atoms with E-state index >= 15 is 0 Å². The first-order valence-electron chi connectivity index (χ1n) is 24.9. The lowest BCUT2D eigenvalue weighted by molar-refractivity contribution is 0.333. The number of para-hydroxylation sites is 2. The first kappa shape index (κ1) is 43.0. The molecule has 12 rings (SSSR count). The summed E-state index contributed by atoms with van der Waals surface area (Å²) in [5.74, 6) is 0. The van der Waals surface area contributed by atoms with E-state index in [-0.39, 0.29) is 23.0 Å². The van der Waals surface area contributed by atoms with Crippen molar-refractivity contribution in [3.8, 4) is 44.5 Å². The van der Waals surface area contributed by atoms with E-state index in [1.54, 1.807) is 0 Å². The highest BCUT2D eigenvalue weighted by Crippen LogP contribution is 2.52. The zero-order chi connectivity index (χ0) is 47.2. The van der Waals surface area contributed by atoms with Crippen LogP contribution in [0.25, 0.3) is 44.5 Å². The third-order valence-electron chi connectivity index (χ3n) is 15.7. The largest absolute Gasteiger partial charge is 0.311 e. The van der Waals surface area contributed by atoms with Crippen LogP contribution in [0, 0.1) is 0 Å². The van der Waals surface area contributed by atoms with Gasteiger partial charge in [-0.15, -0.1) is 0 Å². The molecule has 2 nitrogen and oxygen atoms in total. The quantitative estimate of drug-likeness (QED) is 0.154. The van der Waals surface area contributed by atoms with Crippen LogP contribution in [0.1, 0.15) is 78.0 Å². The van der Waals surface area contributed by atoms with Crippen molar-refractivity contribution in [1.82, 2.24) is 0 Å². The van der Waals surface area contributed by atoms with Crippen molar-refractivity contribution < 1.29 is 0 Å². The van der Waals surface area contributed by atoms with E-state index in [1.165, 1.54) is 118 Å².